The molecule has 0 bridgehead atoms. The lowest BCUT2D eigenvalue weighted by molar-refractivity contribution is -0.196. The smallest absolute Gasteiger partial charge is 0.333 e. The number of likely N-dealkylation sites (tertiary alicyclic amines) is 1. The average Bonchev–Trinajstić information content (AvgIpc) is 3.01. The van der Waals surface area contributed by atoms with Crippen LogP contribution in [0.2, 0.25) is 0 Å². The Morgan fingerprint density at radius 1 is 1.00 bits per heavy atom. The third-order valence-corrected chi connectivity index (χ3v) is 12.8. The molecule has 216 valence electrons. The SMILES string of the molecule is CC(OC(=O)[C@@H]1N2C(=O)C(N=CN3CCCCCC3)[C@H]2SC1(C)C)OC(=O)[C@@H]1N2C(=O)C[C@H]2S(=O)(=O)C1(C)C. The molecule has 5 aliphatic heterocycles. The number of rotatable bonds is 6. The molecule has 2 amide bonds. The fourth-order valence-corrected chi connectivity index (χ4v) is 9.92. The Bertz CT molecular complexity index is 1210. The maximum atomic E-state index is 13.2. The van der Waals surface area contributed by atoms with Crippen LogP contribution in [0, 0.1) is 0 Å². The number of carbonyl (C=O) groups is 4. The summed E-state index contributed by atoms with van der Waals surface area (Å²) in [4.78, 5) is 60.6. The van der Waals surface area contributed by atoms with Crippen molar-refractivity contribution in [3.05, 3.63) is 0 Å². The summed E-state index contributed by atoms with van der Waals surface area (Å²) in [7, 11) is -3.78. The van der Waals surface area contributed by atoms with Gasteiger partial charge in [0.2, 0.25) is 12.2 Å². The van der Waals surface area contributed by atoms with Gasteiger partial charge in [0.1, 0.15) is 22.8 Å². The van der Waals surface area contributed by atoms with Crippen molar-refractivity contribution in [3.63, 3.8) is 0 Å². The van der Waals surface area contributed by atoms with Gasteiger partial charge in [-0.1, -0.05) is 12.8 Å². The van der Waals surface area contributed by atoms with Crippen LogP contribution in [0.15, 0.2) is 4.99 Å². The van der Waals surface area contributed by atoms with E-state index >= 15 is 0 Å². The molecule has 6 atom stereocenters. The number of esters is 2. The van der Waals surface area contributed by atoms with E-state index in [1.807, 2.05) is 13.8 Å². The highest BCUT2D eigenvalue weighted by Crippen LogP contribution is 2.52. The molecule has 0 aromatic heterocycles. The first kappa shape index (κ1) is 28.2. The van der Waals surface area contributed by atoms with Crippen LogP contribution in [0.25, 0.3) is 0 Å². The molecule has 2 unspecified atom stereocenters. The molecule has 0 spiro atoms. The lowest BCUT2D eigenvalue weighted by Crippen LogP contribution is -2.65. The zero-order valence-electron chi connectivity index (χ0n) is 22.9. The summed E-state index contributed by atoms with van der Waals surface area (Å²) in [6, 6.07) is -2.81. The average molecular weight is 585 g/mol. The van der Waals surface area contributed by atoms with Gasteiger partial charge < -0.3 is 24.2 Å². The highest BCUT2D eigenvalue weighted by molar-refractivity contribution is 8.01. The molecule has 0 aliphatic carbocycles. The van der Waals surface area contributed by atoms with Crippen molar-refractivity contribution in [3.8, 4) is 0 Å². The van der Waals surface area contributed by atoms with E-state index in [1.165, 1.54) is 50.3 Å². The van der Waals surface area contributed by atoms with E-state index in [1.54, 1.807) is 6.34 Å². The largest absolute Gasteiger partial charge is 0.424 e. The van der Waals surface area contributed by atoms with Crippen molar-refractivity contribution < 1.29 is 37.1 Å². The van der Waals surface area contributed by atoms with Gasteiger partial charge in [0.25, 0.3) is 5.91 Å². The fraction of sp³-hybridized carbons (Fsp3) is 0.800. The maximum Gasteiger partial charge on any atom is 0.333 e. The molecule has 14 heteroatoms. The van der Waals surface area contributed by atoms with Crippen molar-refractivity contribution >= 4 is 51.7 Å². The van der Waals surface area contributed by atoms with E-state index in [0.29, 0.717) is 0 Å². The van der Waals surface area contributed by atoms with Crippen molar-refractivity contribution in [2.24, 2.45) is 4.99 Å². The summed E-state index contributed by atoms with van der Waals surface area (Å²) < 4.78 is 34.1. The number of hydrogen-bond acceptors (Lipinski definition) is 10. The number of hydrogen-bond donors (Lipinski definition) is 0. The highest BCUT2D eigenvalue weighted by atomic mass is 32.2. The second kappa shape index (κ2) is 9.64. The van der Waals surface area contributed by atoms with Gasteiger partial charge >= 0.3 is 11.9 Å². The molecule has 5 heterocycles. The number of β-lactam (4-membered cyclic amide) rings is 2. The second-order valence-electron chi connectivity index (χ2n) is 11.9. The Morgan fingerprint density at radius 3 is 2.18 bits per heavy atom. The molecule has 5 aliphatic rings. The number of nitrogens with zero attached hydrogens (tertiary/aromatic N) is 4. The van der Waals surface area contributed by atoms with Gasteiger partial charge in [-0.25, -0.2) is 18.0 Å². The van der Waals surface area contributed by atoms with Crippen LogP contribution in [0.1, 0.15) is 66.7 Å². The first-order valence-electron chi connectivity index (χ1n) is 13.4. The predicted molar refractivity (Wildman–Crippen MR) is 142 cm³/mol. The van der Waals surface area contributed by atoms with Crippen molar-refractivity contribution in [1.82, 2.24) is 14.7 Å². The van der Waals surface area contributed by atoms with Crippen molar-refractivity contribution in [1.29, 1.82) is 0 Å². The topological polar surface area (TPSA) is 143 Å². The molecule has 5 rings (SSSR count). The number of thioether (sulfide) groups is 1. The highest BCUT2D eigenvalue weighted by Gasteiger charge is 2.68. The number of amides is 2. The van der Waals surface area contributed by atoms with Gasteiger partial charge in [-0.15, -0.1) is 11.8 Å². The Morgan fingerprint density at radius 2 is 1.59 bits per heavy atom. The Kier molecular flexibility index (Phi) is 6.96. The summed E-state index contributed by atoms with van der Waals surface area (Å²) >= 11 is 1.48. The predicted octanol–water partition coefficient (Wildman–Crippen LogP) is 0.888. The second-order valence-corrected chi connectivity index (χ2v) is 16.3. The van der Waals surface area contributed by atoms with Gasteiger partial charge in [0, 0.05) is 24.8 Å². The van der Waals surface area contributed by atoms with Crippen LogP contribution >= 0.6 is 11.8 Å². The van der Waals surface area contributed by atoms with Crippen LogP contribution in [0.4, 0.5) is 0 Å². The van der Waals surface area contributed by atoms with Crippen molar-refractivity contribution in [2.45, 2.75) is 111 Å². The van der Waals surface area contributed by atoms with Gasteiger partial charge in [0.05, 0.1) is 17.5 Å². The van der Waals surface area contributed by atoms with E-state index in [0.717, 1.165) is 30.8 Å². The van der Waals surface area contributed by atoms with Gasteiger partial charge in [-0.05, 0) is 40.5 Å². The van der Waals surface area contributed by atoms with Gasteiger partial charge in [-0.2, -0.15) is 0 Å². The molecule has 0 aromatic rings. The molecule has 12 nitrogen and oxygen atoms in total. The number of carbonyl (C=O) groups excluding carboxylic acids is 4. The number of aliphatic imine (C=N–C) groups is 1. The van der Waals surface area contributed by atoms with Crippen molar-refractivity contribution in [2.75, 3.05) is 13.1 Å². The van der Waals surface area contributed by atoms with Gasteiger partial charge in [0.15, 0.2) is 15.9 Å². The van der Waals surface area contributed by atoms with E-state index in [-0.39, 0.29) is 17.7 Å². The van der Waals surface area contributed by atoms with E-state index in [2.05, 4.69) is 9.89 Å². The zero-order chi connectivity index (χ0) is 28.5. The van der Waals surface area contributed by atoms with Crippen LogP contribution in [-0.2, 0) is 38.5 Å². The first-order chi connectivity index (χ1) is 18.2. The molecular weight excluding hydrogens is 548 g/mol. The Hall–Kier alpha value is -2.35. The lowest BCUT2D eigenvalue weighted by Gasteiger charge is -2.42. The first-order valence-corrected chi connectivity index (χ1v) is 15.8. The molecule has 0 saturated carbocycles. The van der Waals surface area contributed by atoms with Crippen LogP contribution < -0.4 is 0 Å². The Labute approximate surface area is 232 Å². The van der Waals surface area contributed by atoms with Crippen LogP contribution in [-0.4, -0.2) is 111 Å². The maximum absolute atomic E-state index is 13.2. The van der Waals surface area contributed by atoms with E-state index < -0.39 is 67.0 Å². The molecule has 0 aromatic carbocycles. The minimum absolute atomic E-state index is 0.164. The minimum Gasteiger partial charge on any atom is -0.424 e. The molecule has 39 heavy (non-hydrogen) atoms. The van der Waals surface area contributed by atoms with E-state index in [9.17, 15) is 27.6 Å². The quantitative estimate of drug-likeness (QED) is 0.145. The molecule has 5 saturated heterocycles. The Balaban J connectivity index is 1.22. The number of ether oxygens (including phenoxy) is 2. The summed E-state index contributed by atoms with van der Waals surface area (Å²) in [5.74, 6) is -2.38. The monoisotopic (exact) mass is 584 g/mol. The number of fused-ring (bicyclic) bond motifs is 2. The number of sulfone groups is 1. The molecule has 5 fully saturated rings. The standard InChI is InChI=1S/C25H36N4O8S2/c1-14(37-23(33)19-25(4,5)39(34,35)16-12-15(30)28(16)19)36-22(32)18-24(2,3)38-21-17(20(31)29(18)21)26-13-27-10-8-6-7-9-11-27/h13-14,16-19,21H,6-12H2,1-5H3/t14?,16-,17?,18+,19+,21-/m1/s1. The third-order valence-electron chi connectivity index (χ3n) is 8.43. The zero-order valence-corrected chi connectivity index (χ0v) is 24.5. The summed E-state index contributed by atoms with van der Waals surface area (Å²) in [5, 5.41) is -1.35. The summed E-state index contributed by atoms with van der Waals surface area (Å²) in [5.41, 5.74) is 0. The molecule has 0 N–H and O–H groups in total. The molecule has 0 radical (unpaired) electrons. The van der Waals surface area contributed by atoms with Crippen LogP contribution in [0.5, 0.6) is 0 Å². The minimum atomic E-state index is -3.78. The normalized spacial score (nSPS) is 35.0. The van der Waals surface area contributed by atoms with Gasteiger partial charge in [-0.3, -0.25) is 14.6 Å². The summed E-state index contributed by atoms with van der Waals surface area (Å²) in [6.07, 6.45) is 4.83. The van der Waals surface area contributed by atoms with E-state index in [4.69, 9.17) is 9.47 Å². The third kappa shape index (κ3) is 4.41. The van der Waals surface area contributed by atoms with Crippen LogP contribution in [0.3, 0.4) is 0 Å². The lowest BCUT2D eigenvalue weighted by atomic mass is 9.96. The molecular formula is C25H36N4O8S2. The summed E-state index contributed by atoms with van der Waals surface area (Å²) in [6.45, 7) is 9.65. The fourth-order valence-electron chi connectivity index (χ4n) is 6.18.